The summed E-state index contributed by atoms with van der Waals surface area (Å²) in [4.78, 5) is 0. The molecule has 0 saturated carbocycles. The van der Waals surface area contributed by atoms with Crippen LogP contribution in [0, 0.1) is 0 Å². The number of hydrogen-bond donors (Lipinski definition) is 0. The summed E-state index contributed by atoms with van der Waals surface area (Å²) in [5.74, 6) is 0.521. The van der Waals surface area contributed by atoms with Gasteiger partial charge >= 0.3 is 0 Å². The first kappa shape index (κ1) is 12.6. The first-order chi connectivity index (χ1) is 9.28. The van der Waals surface area contributed by atoms with Crippen LogP contribution in [-0.4, -0.2) is 0 Å². The maximum Gasteiger partial charge on any atom is 0.0430 e. The molecule has 0 aliphatic carbocycles. The minimum absolute atomic E-state index is 0.177. The van der Waals surface area contributed by atoms with E-state index in [1.807, 2.05) is 11.8 Å². The van der Waals surface area contributed by atoms with Crippen LogP contribution in [0.5, 0.6) is 0 Å². The van der Waals surface area contributed by atoms with Gasteiger partial charge in [-0.05, 0) is 29.9 Å². The standard InChI is InChI=1S/C18H18S/c1-18(17-10-6-3-7-11-17)14-16(12-13-19-18)15-8-4-2-5-9-15/h2-13,16H,14H2,1H3/t16-,18+/m0/s1. The van der Waals surface area contributed by atoms with Gasteiger partial charge in [0, 0.05) is 10.7 Å². The Balaban J connectivity index is 1.90. The molecule has 0 aromatic heterocycles. The third-order valence-corrected chi connectivity index (χ3v) is 5.08. The molecule has 1 heterocycles. The van der Waals surface area contributed by atoms with Gasteiger partial charge in [0.2, 0.25) is 0 Å². The van der Waals surface area contributed by atoms with Crippen LogP contribution in [0.3, 0.4) is 0 Å². The van der Waals surface area contributed by atoms with Crippen LogP contribution in [0.4, 0.5) is 0 Å². The highest BCUT2D eigenvalue weighted by Gasteiger charge is 2.32. The molecule has 2 aromatic rings. The summed E-state index contributed by atoms with van der Waals surface area (Å²) in [6.45, 7) is 2.35. The Morgan fingerprint density at radius 1 is 0.947 bits per heavy atom. The van der Waals surface area contributed by atoms with Crippen LogP contribution in [0.1, 0.15) is 30.4 Å². The molecule has 3 rings (SSSR count). The number of rotatable bonds is 2. The van der Waals surface area contributed by atoms with Gasteiger partial charge in [0.25, 0.3) is 0 Å². The maximum atomic E-state index is 2.35. The van der Waals surface area contributed by atoms with E-state index in [0.29, 0.717) is 5.92 Å². The van der Waals surface area contributed by atoms with Crippen molar-refractivity contribution >= 4 is 11.8 Å². The highest BCUT2D eigenvalue weighted by atomic mass is 32.2. The van der Waals surface area contributed by atoms with Crippen molar-refractivity contribution < 1.29 is 0 Å². The second-order valence-corrected chi connectivity index (χ2v) is 6.67. The second kappa shape index (κ2) is 5.26. The van der Waals surface area contributed by atoms with Gasteiger partial charge in [-0.2, -0.15) is 0 Å². The molecule has 0 unspecified atom stereocenters. The second-order valence-electron chi connectivity index (χ2n) is 5.26. The Morgan fingerprint density at radius 3 is 2.26 bits per heavy atom. The van der Waals surface area contributed by atoms with Crippen LogP contribution in [0.15, 0.2) is 72.1 Å². The van der Waals surface area contributed by atoms with E-state index in [0.717, 1.165) is 6.42 Å². The summed E-state index contributed by atoms with van der Waals surface area (Å²) in [5, 5.41) is 2.27. The zero-order chi connectivity index (χ0) is 13.1. The third-order valence-electron chi connectivity index (χ3n) is 3.86. The van der Waals surface area contributed by atoms with E-state index < -0.39 is 0 Å². The molecule has 0 radical (unpaired) electrons. The Kier molecular flexibility index (Phi) is 3.48. The molecule has 1 aliphatic rings. The van der Waals surface area contributed by atoms with E-state index in [1.165, 1.54) is 11.1 Å². The van der Waals surface area contributed by atoms with Crippen LogP contribution in [-0.2, 0) is 4.75 Å². The van der Waals surface area contributed by atoms with E-state index in [9.17, 15) is 0 Å². The van der Waals surface area contributed by atoms with Crippen molar-refractivity contribution in [2.45, 2.75) is 24.0 Å². The van der Waals surface area contributed by atoms with Gasteiger partial charge in [-0.25, -0.2) is 0 Å². The lowest BCUT2D eigenvalue weighted by Crippen LogP contribution is -2.22. The Labute approximate surface area is 119 Å². The molecule has 2 atom stereocenters. The number of thioether (sulfide) groups is 1. The van der Waals surface area contributed by atoms with Crippen molar-refractivity contribution in [3.05, 3.63) is 83.3 Å². The first-order valence-electron chi connectivity index (χ1n) is 6.73. The average Bonchev–Trinajstić information content (AvgIpc) is 2.49. The molecular weight excluding hydrogens is 248 g/mol. The van der Waals surface area contributed by atoms with Gasteiger partial charge < -0.3 is 0 Å². The van der Waals surface area contributed by atoms with Gasteiger partial charge in [0.05, 0.1) is 0 Å². The van der Waals surface area contributed by atoms with Crippen LogP contribution >= 0.6 is 11.8 Å². The summed E-state index contributed by atoms with van der Waals surface area (Å²) < 4.78 is 0.177. The van der Waals surface area contributed by atoms with E-state index >= 15 is 0 Å². The molecule has 96 valence electrons. The fourth-order valence-electron chi connectivity index (χ4n) is 2.73. The number of allylic oxidation sites excluding steroid dienone is 1. The summed E-state index contributed by atoms with van der Waals surface area (Å²) >= 11 is 1.94. The average molecular weight is 266 g/mol. The fraction of sp³-hybridized carbons (Fsp3) is 0.222. The highest BCUT2D eigenvalue weighted by molar-refractivity contribution is 8.03. The number of benzene rings is 2. The van der Waals surface area contributed by atoms with Crippen molar-refractivity contribution in [3.63, 3.8) is 0 Å². The van der Waals surface area contributed by atoms with Crippen LogP contribution < -0.4 is 0 Å². The Hall–Kier alpha value is -1.47. The Bertz CT molecular complexity index is 559. The lowest BCUT2D eigenvalue weighted by atomic mass is 9.85. The fourth-order valence-corrected chi connectivity index (χ4v) is 3.84. The Morgan fingerprint density at radius 2 is 1.58 bits per heavy atom. The van der Waals surface area contributed by atoms with Gasteiger partial charge in [-0.3, -0.25) is 0 Å². The quantitative estimate of drug-likeness (QED) is 0.707. The zero-order valence-electron chi connectivity index (χ0n) is 11.1. The third kappa shape index (κ3) is 2.62. The van der Waals surface area contributed by atoms with Gasteiger partial charge in [0.1, 0.15) is 0 Å². The summed E-state index contributed by atoms with van der Waals surface area (Å²) in [7, 11) is 0. The first-order valence-corrected chi connectivity index (χ1v) is 7.61. The highest BCUT2D eigenvalue weighted by Crippen LogP contribution is 2.48. The SMILES string of the molecule is C[C@]1(c2ccccc2)C[C@@H](c2ccccc2)C=CS1. The molecule has 0 nitrogen and oxygen atoms in total. The summed E-state index contributed by atoms with van der Waals surface area (Å²) in [5.41, 5.74) is 2.84. The van der Waals surface area contributed by atoms with Gasteiger partial charge in [0.15, 0.2) is 0 Å². The molecule has 0 spiro atoms. The van der Waals surface area contributed by atoms with Crippen molar-refractivity contribution in [1.82, 2.24) is 0 Å². The monoisotopic (exact) mass is 266 g/mol. The molecular formula is C18H18S. The topological polar surface area (TPSA) is 0 Å². The van der Waals surface area contributed by atoms with E-state index in [2.05, 4.69) is 79.1 Å². The molecule has 19 heavy (non-hydrogen) atoms. The van der Waals surface area contributed by atoms with Crippen molar-refractivity contribution in [2.24, 2.45) is 0 Å². The van der Waals surface area contributed by atoms with Crippen LogP contribution in [0.25, 0.3) is 0 Å². The van der Waals surface area contributed by atoms with Crippen molar-refractivity contribution in [3.8, 4) is 0 Å². The zero-order valence-corrected chi connectivity index (χ0v) is 11.9. The molecule has 2 aromatic carbocycles. The van der Waals surface area contributed by atoms with Crippen molar-refractivity contribution in [1.29, 1.82) is 0 Å². The lowest BCUT2D eigenvalue weighted by molar-refractivity contribution is 0.575. The van der Waals surface area contributed by atoms with Crippen molar-refractivity contribution in [2.75, 3.05) is 0 Å². The normalized spacial score (nSPS) is 26.3. The smallest absolute Gasteiger partial charge is 0.0430 e. The minimum atomic E-state index is 0.177. The van der Waals surface area contributed by atoms with E-state index in [4.69, 9.17) is 0 Å². The van der Waals surface area contributed by atoms with E-state index in [-0.39, 0.29) is 4.75 Å². The lowest BCUT2D eigenvalue weighted by Gasteiger charge is -2.35. The van der Waals surface area contributed by atoms with Crippen LogP contribution in [0.2, 0.25) is 0 Å². The molecule has 0 fully saturated rings. The summed E-state index contributed by atoms with van der Waals surface area (Å²) in [6, 6.07) is 21.7. The maximum absolute atomic E-state index is 2.35. The molecule has 0 amide bonds. The molecule has 1 heteroatoms. The number of hydrogen-bond acceptors (Lipinski definition) is 1. The largest absolute Gasteiger partial charge is 0.123 e. The predicted octanol–water partition coefficient (Wildman–Crippen LogP) is 5.34. The molecule has 0 bridgehead atoms. The molecule has 0 N–H and O–H groups in total. The van der Waals surface area contributed by atoms with Gasteiger partial charge in [-0.1, -0.05) is 66.7 Å². The molecule has 1 aliphatic heterocycles. The van der Waals surface area contributed by atoms with E-state index in [1.54, 1.807) is 0 Å². The summed E-state index contributed by atoms with van der Waals surface area (Å²) in [6.07, 6.45) is 3.49. The minimum Gasteiger partial charge on any atom is -0.123 e. The van der Waals surface area contributed by atoms with Gasteiger partial charge in [-0.15, -0.1) is 11.8 Å². The molecule has 0 saturated heterocycles. The predicted molar refractivity (Wildman–Crippen MR) is 84.3 cm³/mol.